The second-order valence-corrected chi connectivity index (χ2v) is 5.07. The number of rotatable bonds is 9. The maximum atomic E-state index is 5.79. The van der Waals surface area contributed by atoms with Crippen LogP contribution in [0.1, 0.15) is 26.7 Å². The zero-order valence-electron chi connectivity index (χ0n) is 13.7. The summed E-state index contributed by atoms with van der Waals surface area (Å²) in [4.78, 5) is 4.32. The molecule has 0 spiro atoms. The van der Waals surface area contributed by atoms with Gasteiger partial charge in [0.15, 0.2) is 17.5 Å². The SMILES string of the molecule is CCCCNC(N)=NCC(C)COc1ccccc1OC.I. The van der Waals surface area contributed by atoms with Crippen LogP contribution in [0.15, 0.2) is 29.3 Å². The molecule has 126 valence electrons. The van der Waals surface area contributed by atoms with Gasteiger partial charge in [0.1, 0.15) is 0 Å². The third-order valence-electron chi connectivity index (χ3n) is 3.00. The topological polar surface area (TPSA) is 68.9 Å². The first-order chi connectivity index (χ1) is 10.2. The summed E-state index contributed by atoms with van der Waals surface area (Å²) < 4.78 is 11.0. The van der Waals surface area contributed by atoms with E-state index in [1.165, 1.54) is 0 Å². The van der Waals surface area contributed by atoms with Gasteiger partial charge in [0, 0.05) is 19.0 Å². The summed E-state index contributed by atoms with van der Waals surface area (Å²) in [6, 6.07) is 7.63. The molecular weight excluding hydrogens is 393 g/mol. The first kappa shape index (κ1) is 20.8. The molecule has 0 aromatic heterocycles. The van der Waals surface area contributed by atoms with Crippen LogP contribution in [0.5, 0.6) is 11.5 Å². The van der Waals surface area contributed by atoms with Crippen LogP contribution in [0.4, 0.5) is 0 Å². The Hall–Kier alpha value is -1.18. The Morgan fingerprint density at radius 2 is 2.00 bits per heavy atom. The fourth-order valence-electron chi connectivity index (χ4n) is 1.73. The van der Waals surface area contributed by atoms with Crippen molar-refractivity contribution in [2.75, 3.05) is 26.8 Å². The van der Waals surface area contributed by atoms with Crippen molar-refractivity contribution >= 4 is 29.9 Å². The highest BCUT2D eigenvalue weighted by Crippen LogP contribution is 2.26. The van der Waals surface area contributed by atoms with Crippen LogP contribution in [0.25, 0.3) is 0 Å². The van der Waals surface area contributed by atoms with Crippen molar-refractivity contribution in [3.05, 3.63) is 24.3 Å². The maximum absolute atomic E-state index is 5.79. The molecule has 6 heteroatoms. The number of unbranched alkanes of at least 4 members (excludes halogenated alkanes) is 1. The van der Waals surface area contributed by atoms with Gasteiger partial charge in [-0.2, -0.15) is 0 Å². The molecule has 0 amide bonds. The third kappa shape index (κ3) is 8.31. The molecule has 1 atom stereocenters. The van der Waals surface area contributed by atoms with Crippen LogP contribution in [0, 0.1) is 5.92 Å². The summed E-state index contributed by atoms with van der Waals surface area (Å²) in [7, 11) is 1.64. The van der Waals surface area contributed by atoms with Crippen LogP contribution in [0.2, 0.25) is 0 Å². The summed E-state index contributed by atoms with van der Waals surface area (Å²) >= 11 is 0. The zero-order valence-corrected chi connectivity index (χ0v) is 16.0. The number of ether oxygens (including phenoxy) is 2. The summed E-state index contributed by atoms with van der Waals surface area (Å²) in [5.41, 5.74) is 5.79. The number of nitrogens with one attached hydrogen (secondary N) is 1. The molecule has 1 aromatic rings. The number of methoxy groups -OCH3 is 1. The van der Waals surface area contributed by atoms with E-state index in [1.54, 1.807) is 7.11 Å². The average molecular weight is 421 g/mol. The molecule has 3 N–H and O–H groups in total. The van der Waals surface area contributed by atoms with Gasteiger partial charge in [-0.3, -0.25) is 4.99 Å². The van der Waals surface area contributed by atoms with E-state index >= 15 is 0 Å². The van der Waals surface area contributed by atoms with Gasteiger partial charge in [-0.1, -0.05) is 32.4 Å². The van der Waals surface area contributed by atoms with Gasteiger partial charge in [0.05, 0.1) is 13.7 Å². The summed E-state index contributed by atoms with van der Waals surface area (Å²) in [5, 5.41) is 3.10. The lowest BCUT2D eigenvalue weighted by atomic mass is 10.2. The van der Waals surface area contributed by atoms with E-state index in [2.05, 4.69) is 24.2 Å². The predicted octanol–water partition coefficient (Wildman–Crippen LogP) is 3.03. The molecule has 0 saturated carbocycles. The highest BCUT2D eigenvalue weighted by molar-refractivity contribution is 14.0. The number of aliphatic imine (C=N–C) groups is 1. The van der Waals surface area contributed by atoms with E-state index < -0.39 is 0 Å². The number of nitrogens with two attached hydrogens (primary N) is 1. The lowest BCUT2D eigenvalue weighted by molar-refractivity contribution is 0.251. The standard InChI is InChI=1S/C16H27N3O2.HI/c1-4-5-10-18-16(17)19-11-13(2)12-21-15-9-7-6-8-14(15)20-3;/h6-9,13H,4-5,10-12H2,1-3H3,(H3,17,18,19);1H. The zero-order chi connectivity index (χ0) is 15.5. The number of hydrogen-bond acceptors (Lipinski definition) is 3. The van der Waals surface area contributed by atoms with Crippen molar-refractivity contribution in [2.24, 2.45) is 16.6 Å². The van der Waals surface area contributed by atoms with E-state index in [0.717, 1.165) is 30.9 Å². The van der Waals surface area contributed by atoms with E-state index in [-0.39, 0.29) is 29.9 Å². The number of guanidine groups is 1. The Kier molecular flexibility index (Phi) is 11.7. The summed E-state index contributed by atoms with van der Waals surface area (Å²) in [6.45, 7) is 6.31. The molecule has 1 aromatic carbocycles. The first-order valence-corrected chi connectivity index (χ1v) is 7.47. The van der Waals surface area contributed by atoms with E-state index in [9.17, 15) is 0 Å². The quantitative estimate of drug-likeness (QED) is 0.278. The number of nitrogens with zero attached hydrogens (tertiary/aromatic N) is 1. The van der Waals surface area contributed by atoms with Crippen molar-refractivity contribution in [1.82, 2.24) is 5.32 Å². The molecule has 0 heterocycles. The Morgan fingerprint density at radius 1 is 1.32 bits per heavy atom. The number of para-hydroxylation sites is 2. The minimum Gasteiger partial charge on any atom is -0.493 e. The third-order valence-corrected chi connectivity index (χ3v) is 3.00. The van der Waals surface area contributed by atoms with Crippen LogP contribution in [0.3, 0.4) is 0 Å². The molecule has 0 radical (unpaired) electrons. The monoisotopic (exact) mass is 421 g/mol. The van der Waals surface area contributed by atoms with Crippen LogP contribution in [-0.2, 0) is 0 Å². The van der Waals surface area contributed by atoms with Crippen molar-refractivity contribution in [1.29, 1.82) is 0 Å². The number of halogens is 1. The molecule has 22 heavy (non-hydrogen) atoms. The highest BCUT2D eigenvalue weighted by atomic mass is 127. The average Bonchev–Trinajstić information content (AvgIpc) is 2.51. The Morgan fingerprint density at radius 3 is 2.64 bits per heavy atom. The normalized spacial score (nSPS) is 12.2. The van der Waals surface area contributed by atoms with Gasteiger partial charge in [-0.25, -0.2) is 0 Å². The molecule has 1 rings (SSSR count). The van der Waals surface area contributed by atoms with E-state index in [1.807, 2.05) is 24.3 Å². The minimum absolute atomic E-state index is 0. The molecule has 1 unspecified atom stereocenters. The molecule has 0 aliphatic rings. The van der Waals surface area contributed by atoms with Crippen molar-refractivity contribution in [2.45, 2.75) is 26.7 Å². The molecule has 0 aliphatic carbocycles. The lowest BCUT2D eigenvalue weighted by Crippen LogP contribution is -2.33. The molecule has 5 nitrogen and oxygen atoms in total. The Balaban J connectivity index is 0.00000441. The van der Waals surface area contributed by atoms with Crippen molar-refractivity contribution in [3.8, 4) is 11.5 Å². The van der Waals surface area contributed by atoms with Crippen LogP contribution < -0.4 is 20.5 Å². The highest BCUT2D eigenvalue weighted by Gasteiger charge is 2.06. The van der Waals surface area contributed by atoms with Crippen molar-refractivity contribution < 1.29 is 9.47 Å². The van der Waals surface area contributed by atoms with Crippen molar-refractivity contribution in [3.63, 3.8) is 0 Å². The second kappa shape index (κ2) is 12.4. The maximum Gasteiger partial charge on any atom is 0.188 e. The summed E-state index contributed by atoms with van der Waals surface area (Å²) in [5.74, 6) is 2.29. The van der Waals surface area contributed by atoms with Gasteiger partial charge in [-0.15, -0.1) is 24.0 Å². The first-order valence-electron chi connectivity index (χ1n) is 7.47. The van der Waals surface area contributed by atoms with Gasteiger partial charge in [0.25, 0.3) is 0 Å². The molecule has 0 saturated heterocycles. The number of hydrogen-bond donors (Lipinski definition) is 2. The van der Waals surface area contributed by atoms with Gasteiger partial charge in [0.2, 0.25) is 0 Å². The predicted molar refractivity (Wildman–Crippen MR) is 102 cm³/mol. The van der Waals surface area contributed by atoms with E-state index in [0.29, 0.717) is 19.1 Å². The van der Waals surface area contributed by atoms with Crippen LogP contribution >= 0.6 is 24.0 Å². The fraction of sp³-hybridized carbons (Fsp3) is 0.562. The minimum atomic E-state index is 0. The molecule has 0 fully saturated rings. The smallest absolute Gasteiger partial charge is 0.188 e. The Bertz CT molecular complexity index is 441. The summed E-state index contributed by atoms with van der Waals surface area (Å²) in [6.07, 6.45) is 2.24. The molecule has 0 bridgehead atoms. The second-order valence-electron chi connectivity index (χ2n) is 5.07. The van der Waals surface area contributed by atoms with Gasteiger partial charge < -0.3 is 20.5 Å². The largest absolute Gasteiger partial charge is 0.493 e. The van der Waals surface area contributed by atoms with E-state index in [4.69, 9.17) is 15.2 Å². The lowest BCUT2D eigenvalue weighted by Gasteiger charge is -2.14. The fourth-order valence-corrected chi connectivity index (χ4v) is 1.73. The number of benzene rings is 1. The molecule has 0 aliphatic heterocycles. The van der Waals surface area contributed by atoms with Gasteiger partial charge in [-0.05, 0) is 18.6 Å². The van der Waals surface area contributed by atoms with Crippen LogP contribution in [-0.4, -0.2) is 32.8 Å². The Labute approximate surface area is 150 Å². The molecular formula is C16H28IN3O2. The van der Waals surface area contributed by atoms with Gasteiger partial charge >= 0.3 is 0 Å².